The molecular weight excluding hydrogens is 224 g/mol. The van der Waals surface area contributed by atoms with E-state index in [9.17, 15) is 0 Å². The summed E-state index contributed by atoms with van der Waals surface area (Å²) in [7, 11) is 2.00. The van der Waals surface area contributed by atoms with E-state index in [2.05, 4.69) is 48.3 Å². The molecule has 0 spiro atoms. The minimum atomic E-state index is 0.338. The summed E-state index contributed by atoms with van der Waals surface area (Å²) < 4.78 is 5.78. The Labute approximate surface area is 110 Å². The zero-order valence-corrected chi connectivity index (χ0v) is 11.6. The van der Waals surface area contributed by atoms with Crippen LogP contribution in [0.1, 0.15) is 25.0 Å². The Hall–Kier alpha value is -0.900. The van der Waals surface area contributed by atoms with Crippen LogP contribution in [0.2, 0.25) is 0 Å². The minimum absolute atomic E-state index is 0.338. The number of hydrogen-bond acceptors (Lipinski definition) is 3. The summed E-state index contributed by atoms with van der Waals surface area (Å²) in [4.78, 5) is 2.49. The zero-order valence-electron chi connectivity index (χ0n) is 11.6. The molecule has 1 saturated heterocycles. The number of morpholine rings is 1. The second-order valence-corrected chi connectivity index (χ2v) is 5.25. The second kappa shape index (κ2) is 6.32. The Balaban J connectivity index is 2.04. The van der Waals surface area contributed by atoms with E-state index in [0.29, 0.717) is 12.2 Å². The topological polar surface area (TPSA) is 24.5 Å². The summed E-state index contributed by atoms with van der Waals surface area (Å²) in [6.07, 6.45) is 0.676. The van der Waals surface area contributed by atoms with Crippen LogP contribution in [0, 0.1) is 0 Å². The van der Waals surface area contributed by atoms with E-state index < -0.39 is 0 Å². The lowest BCUT2D eigenvalue weighted by molar-refractivity contribution is -0.0705. The largest absolute Gasteiger partial charge is 0.373 e. The molecule has 1 aliphatic rings. The van der Waals surface area contributed by atoms with Crippen LogP contribution in [0.3, 0.4) is 0 Å². The van der Waals surface area contributed by atoms with Crippen LogP contribution < -0.4 is 5.32 Å². The van der Waals surface area contributed by atoms with Crippen LogP contribution in [-0.2, 0) is 17.8 Å². The predicted molar refractivity (Wildman–Crippen MR) is 74.5 cm³/mol. The molecule has 2 unspecified atom stereocenters. The first kappa shape index (κ1) is 13.5. The summed E-state index contributed by atoms with van der Waals surface area (Å²) in [5.41, 5.74) is 2.82. The van der Waals surface area contributed by atoms with Gasteiger partial charge in [-0.1, -0.05) is 24.3 Å². The fourth-order valence-electron chi connectivity index (χ4n) is 2.73. The third-order valence-electron chi connectivity index (χ3n) is 3.37. The van der Waals surface area contributed by atoms with Gasteiger partial charge in [0.1, 0.15) is 0 Å². The average Bonchev–Trinajstić information content (AvgIpc) is 2.30. The van der Waals surface area contributed by atoms with Gasteiger partial charge in [0.25, 0.3) is 0 Å². The van der Waals surface area contributed by atoms with Crippen molar-refractivity contribution >= 4 is 0 Å². The first-order valence-electron chi connectivity index (χ1n) is 6.78. The lowest BCUT2D eigenvalue weighted by Gasteiger charge is -2.35. The highest BCUT2D eigenvalue weighted by Gasteiger charge is 2.22. The van der Waals surface area contributed by atoms with Crippen LogP contribution in [0.25, 0.3) is 0 Å². The van der Waals surface area contributed by atoms with E-state index in [1.54, 1.807) is 0 Å². The average molecular weight is 248 g/mol. The lowest BCUT2D eigenvalue weighted by atomic mass is 10.1. The van der Waals surface area contributed by atoms with Crippen molar-refractivity contribution in [2.24, 2.45) is 0 Å². The summed E-state index contributed by atoms with van der Waals surface area (Å²) >= 11 is 0. The fourth-order valence-corrected chi connectivity index (χ4v) is 2.73. The Morgan fingerprint density at radius 3 is 2.39 bits per heavy atom. The molecule has 0 saturated carbocycles. The van der Waals surface area contributed by atoms with Crippen LogP contribution in [0.4, 0.5) is 0 Å². The van der Waals surface area contributed by atoms with Crippen molar-refractivity contribution in [3.63, 3.8) is 0 Å². The molecule has 1 fully saturated rings. The van der Waals surface area contributed by atoms with Crippen molar-refractivity contribution < 1.29 is 4.74 Å². The predicted octanol–water partition coefficient (Wildman–Crippen LogP) is 2.02. The molecule has 1 N–H and O–H groups in total. The van der Waals surface area contributed by atoms with Crippen molar-refractivity contribution in [2.45, 2.75) is 39.1 Å². The maximum atomic E-state index is 5.78. The SMILES string of the molecule is CNCc1ccccc1CN1CC(C)OC(C)C1. The Morgan fingerprint density at radius 1 is 1.17 bits per heavy atom. The van der Waals surface area contributed by atoms with E-state index >= 15 is 0 Å². The Bertz CT molecular complexity index is 371. The molecular formula is C15H24N2O. The van der Waals surface area contributed by atoms with Crippen molar-refractivity contribution in [3.05, 3.63) is 35.4 Å². The first-order chi connectivity index (χ1) is 8.69. The summed E-state index contributed by atoms with van der Waals surface area (Å²) in [6, 6.07) is 8.68. The Kier molecular flexibility index (Phi) is 4.75. The van der Waals surface area contributed by atoms with Gasteiger partial charge >= 0.3 is 0 Å². The van der Waals surface area contributed by atoms with Crippen molar-refractivity contribution in [2.75, 3.05) is 20.1 Å². The van der Waals surface area contributed by atoms with Crippen molar-refractivity contribution in [1.29, 1.82) is 0 Å². The highest BCUT2D eigenvalue weighted by molar-refractivity contribution is 5.27. The molecule has 2 atom stereocenters. The van der Waals surface area contributed by atoms with E-state index in [0.717, 1.165) is 26.2 Å². The smallest absolute Gasteiger partial charge is 0.0678 e. The number of ether oxygens (including phenoxy) is 1. The van der Waals surface area contributed by atoms with E-state index in [1.165, 1.54) is 11.1 Å². The maximum Gasteiger partial charge on any atom is 0.0678 e. The molecule has 2 rings (SSSR count). The number of benzene rings is 1. The molecule has 18 heavy (non-hydrogen) atoms. The molecule has 0 aromatic heterocycles. The number of rotatable bonds is 4. The lowest BCUT2D eigenvalue weighted by Crippen LogP contribution is -2.44. The molecule has 3 heteroatoms. The summed E-state index contributed by atoms with van der Waals surface area (Å²) in [6.45, 7) is 8.32. The van der Waals surface area contributed by atoms with Gasteiger partial charge in [-0.3, -0.25) is 4.90 Å². The van der Waals surface area contributed by atoms with Crippen LogP contribution in [0.15, 0.2) is 24.3 Å². The van der Waals surface area contributed by atoms with Gasteiger partial charge in [0.05, 0.1) is 12.2 Å². The molecule has 100 valence electrons. The van der Waals surface area contributed by atoms with Crippen LogP contribution >= 0.6 is 0 Å². The molecule has 0 amide bonds. The van der Waals surface area contributed by atoms with Crippen molar-refractivity contribution in [3.8, 4) is 0 Å². The van der Waals surface area contributed by atoms with Gasteiger partial charge < -0.3 is 10.1 Å². The molecule has 1 aromatic carbocycles. The second-order valence-electron chi connectivity index (χ2n) is 5.25. The van der Waals surface area contributed by atoms with E-state index in [1.807, 2.05) is 7.05 Å². The van der Waals surface area contributed by atoms with Gasteiger partial charge in [-0.25, -0.2) is 0 Å². The molecule has 3 nitrogen and oxygen atoms in total. The third-order valence-corrected chi connectivity index (χ3v) is 3.37. The molecule has 0 aliphatic carbocycles. The van der Waals surface area contributed by atoms with Gasteiger partial charge in [-0.05, 0) is 32.0 Å². The monoisotopic (exact) mass is 248 g/mol. The molecule has 1 heterocycles. The van der Waals surface area contributed by atoms with E-state index in [-0.39, 0.29) is 0 Å². The Morgan fingerprint density at radius 2 is 1.78 bits per heavy atom. The zero-order chi connectivity index (χ0) is 13.0. The molecule has 0 bridgehead atoms. The quantitative estimate of drug-likeness (QED) is 0.882. The number of hydrogen-bond donors (Lipinski definition) is 1. The van der Waals surface area contributed by atoms with Gasteiger partial charge in [-0.15, -0.1) is 0 Å². The highest BCUT2D eigenvalue weighted by atomic mass is 16.5. The van der Waals surface area contributed by atoms with Gasteiger partial charge in [0, 0.05) is 26.2 Å². The van der Waals surface area contributed by atoms with Gasteiger partial charge in [0.15, 0.2) is 0 Å². The van der Waals surface area contributed by atoms with Gasteiger partial charge in [0.2, 0.25) is 0 Å². The summed E-state index contributed by atoms with van der Waals surface area (Å²) in [5, 5.41) is 3.24. The molecule has 1 aromatic rings. The molecule has 1 aliphatic heterocycles. The van der Waals surface area contributed by atoms with E-state index in [4.69, 9.17) is 4.74 Å². The molecule has 0 radical (unpaired) electrons. The standard InChI is InChI=1S/C15H24N2O/c1-12-9-17(10-13(2)18-12)11-15-7-5-4-6-14(15)8-16-3/h4-7,12-13,16H,8-11H2,1-3H3. The summed E-state index contributed by atoms with van der Waals surface area (Å²) in [5.74, 6) is 0. The number of nitrogens with one attached hydrogen (secondary N) is 1. The third kappa shape index (κ3) is 3.55. The normalized spacial score (nSPS) is 25.3. The first-order valence-corrected chi connectivity index (χ1v) is 6.78. The number of nitrogens with zero attached hydrogens (tertiary/aromatic N) is 1. The minimum Gasteiger partial charge on any atom is -0.373 e. The highest BCUT2D eigenvalue weighted by Crippen LogP contribution is 2.16. The maximum absolute atomic E-state index is 5.78. The van der Waals surface area contributed by atoms with Crippen molar-refractivity contribution in [1.82, 2.24) is 10.2 Å². The fraction of sp³-hybridized carbons (Fsp3) is 0.600. The van der Waals surface area contributed by atoms with Gasteiger partial charge in [-0.2, -0.15) is 0 Å². The van der Waals surface area contributed by atoms with Crippen LogP contribution in [-0.4, -0.2) is 37.2 Å². The van der Waals surface area contributed by atoms with Crippen LogP contribution in [0.5, 0.6) is 0 Å².